The van der Waals surface area contributed by atoms with Gasteiger partial charge in [0.2, 0.25) is 5.91 Å². The third-order valence-corrected chi connectivity index (χ3v) is 5.67. The summed E-state index contributed by atoms with van der Waals surface area (Å²) in [6.45, 7) is 4.66. The Morgan fingerprint density at radius 1 is 0.848 bits per heavy atom. The first-order chi connectivity index (χ1) is 16.1. The van der Waals surface area contributed by atoms with Gasteiger partial charge >= 0.3 is 6.03 Å². The van der Waals surface area contributed by atoms with Gasteiger partial charge in [-0.3, -0.25) is 9.69 Å². The third-order valence-electron chi connectivity index (χ3n) is 5.67. The fraction of sp³-hybridized carbons (Fsp3) is 0.259. The molecule has 0 radical (unpaired) electrons. The van der Waals surface area contributed by atoms with E-state index in [1.807, 2.05) is 96.8 Å². The van der Waals surface area contributed by atoms with Gasteiger partial charge in [0.1, 0.15) is 12.3 Å². The van der Waals surface area contributed by atoms with Crippen LogP contribution in [-0.4, -0.2) is 48.0 Å². The minimum Gasteiger partial charge on any atom is -0.494 e. The Labute approximate surface area is 195 Å². The molecule has 0 aromatic heterocycles. The quantitative estimate of drug-likeness (QED) is 0.487. The molecule has 3 aromatic carbocycles. The lowest BCUT2D eigenvalue weighted by atomic mass is 10.1. The summed E-state index contributed by atoms with van der Waals surface area (Å²) in [4.78, 5) is 31.5. The number of urea groups is 1. The van der Waals surface area contributed by atoms with E-state index in [1.165, 1.54) is 0 Å². The normalized spacial score (nSPS) is 13.3. The molecule has 6 nitrogen and oxygen atoms in total. The molecular formula is C27H29N3O3. The Morgan fingerprint density at radius 2 is 1.42 bits per heavy atom. The Hall–Kier alpha value is -3.80. The Morgan fingerprint density at radius 3 is 1.97 bits per heavy atom. The average molecular weight is 444 g/mol. The van der Waals surface area contributed by atoms with Crippen molar-refractivity contribution in [2.45, 2.75) is 20.0 Å². The highest BCUT2D eigenvalue weighted by molar-refractivity contribution is 5.96. The first kappa shape index (κ1) is 22.4. The topological polar surface area (TPSA) is 53.1 Å². The van der Waals surface area contributed by atoms with Crippen molar-refractivity contribution in [3.8, 4) is 5.75 Å². The van der Waals surface area contributed by atoms with Crippen molar-refractivity contribution in [1.82, 2.24) is 9.80 Å². The van der Waals surface area contributed by atoms with Gasteiger partial charge in [-0.15, -0.1) is 0 Å². The number of hydrogen-bond acceptors (Lipinski definition) is 3. The van der Waals surface area contributed by atoms with Crippen molar-refractivity contribution < 1.29 is 14.3 Å². The molecule has 0 atom stereocenters. The van der Waals surface area contributed by atoms with Crippen LogP contribution in [0.15, 0.2) is 84.9 Å². The SMILES string of the molecule is CCOc1ccc(N2CCN(CC(=O)N(Cc3ccccc3)Cc3ccccc3)C2=O)cc1. The van der Waals surface area contributed by atoms with Crippen LogP contribution in [0, 0.1) is 0 Å². The molecule has 3 amide bonds. The smallest absolute Gasteiger partial charge is 0.325 e. The van der Waals surface area contributed by atoms with Crippen LogP contribution < -0.4 is 9.64 Å². The third kappa shape index (κ3) is 5.71. The highest BCUT2D eigenvalue weighted by Gasteiger charge is 2.32. The number of anilines is 1. The molecule has 1 heterocycles. The van der Waals surface area contributed by atoms with Gasteiger partial charge in [0, 0.05) is 31.9 Å². The molecule has 0 unspecified atom stereocenters. The van der Waals surface area contributed by atoms with E-state index in [0.717, 1.165) is 22.6 Å². The fourth-order valence-electron chi connectivity index (χ4n) is 3.96. The standard InChI is InChI=1S/C27H29N3O3/c1-2-33-25-15-13-24(14-16-25)30-18-17-28(27(30)32)21-26(31)29(19-22-9-5-3-6-10-22)20-23-11-7-4-8-12-23/h3-16H,2,17-21H2,1H3. The average Bonchev–Trinajstić information content (AvgIpc) is 3.20. The first-order valence-electron chi connectivity index (χ1n) is 11.3. The lowest BCUT2D eigenvalue weighted by molar-refractivity contribution is -0.132. The highest BCUT2D eigenvalue weighted by Crippen LogP contribution is 2.23. The Bertz CT molecular complexity index is 1010. The van der Waals surface area contributed by atoms with Gasteiger partial charge in [0.15, 0.2) is 0 Å². The summed E-state index contributed by atoms with van der Waals surface area (Å²) in [6.07, 6.45) is 0. The summed E-state index contributed by atoms with van der Waals surface area (Å²) in [7, 11) is 0. The molecule has 1 aliphatic heterocycles. The number of rotatable bonds is 9. The predicted molar refractivity (Wildman–Crippen MR) is 129 cm³/mol. The van der Waals surface area contributed by atoms with Gasteiger partial charge < -0.3 is 14.5 Å². The summed E-state index contributed by atoms with van der Waals surface area (Å²) in [5.74, 6) is 0.710. The maximum atomic E-state index is 13.3. The molecule has 4 rings (SSSR count). The second-order valence-corrected chi connectivity index (χ2v) is 8.00. The highest BCUT2D eigenvalue weighted by atomic mass is 16.5. The van der Waals surface area contributed by atoms with Crippen molar-refractivity contribution >= 4 is 17.6 Å². The van der Waals surface area contributed by atoms with E-state index in [2.05, 4.69) is 0 Å². The summed E-state index contributed by atoms with van der Waals surface area (Å²) < 4.78 is 5.48. The molecule has 0 bridgehead atoms. The van der Waals surface area contributed by atoms with E-state index < -0.39 is 0 Å². The van der Waals surface area contributed by atoms with Gasteiger partial charge in [-0.1, -0.05) is 60.7 Å². The Balaban J connectivity index is 1.44. The fourth-order valence-corrected chi connectivity index (χ4v) is 3.96. The van der Waals surface area contributed by atoms with Gasteiger partial charge in [-0.25, -0.2) is 4.79 Å². The molecule has 3 aromatic rings. The first-order valence-corrected chi connectivity index (χ1v) is 11.3. The number of ether oxygens (including phenoxy) is 1. The number of carbonyl (C=O) groups is 2. The molecular weight excluding hydrogens is 414 g/mol. The summed E-state index contributed by atoms with van der Waals surface area (Å²) in [5, 5.41) is 0. The maximum absolute atomic E-state index is 13.3. The van der Waals surface area contributed by atoms with E-state index in [-0.39, 0.29) is 18.5 Å². The zero-order valence-electron chi connectivity index (χ0n) is 18.9. The second kappa shape index (κ2) is 10.7. The van der Waals surface area contributed by atoms with Crippen LogP contribution >= 0.6 is 0 Å². The van der Waals surface area contributed by atoms with Gasteiger partial charge in [-0.2, -0.15) is 0 Å². The van der Waals surface area contributed by atoms with Crippen LogP contribution in [0.5, 0.6) is 5.75 Å². The van der Waals surface area contributed by atoms with Crippen LogP contribution in [0.4, 0.5) is 10.5 Å². The number of hydrogen-bond donors (Lipinski definition) is 0. The minimum atomic E-state index is -0.146. The maximum Gasteiger partial charge on any atom is 0.325 e. The summed E-state index contributed by atoms with van der Waals surface area (Å²) in [6, 6.07) is 27.2. The minimum absolute atomic E-state index is 0.0615. The van der Waals surface area contributed by atoms with E-state index in [1.54, 1.807) is 9.80 Å². The van der Waals surface area contributed by atoms with Crippen molar-refractivity contribution in [3.63, 3.8) is 0 Å². The molecule has 1 saturated heterocycles. The lowest BCUT2D eigenvalue weighted by Gasteiger charge is -2.26. The number of nitrogens with zero attached hydrogens (tertiary/aromatic N) is 3. The molecule has 0 spiro atoms. The van der Waals surface area contributed by atoms with E-state index >= 15 is 0 Å². The van der Waals surface area contributed by atoms with Crippen LogP contribution in [0.3, 0.4) is 0 Å². The van der Waals surface area contributed by atoms with E-state index in [0.29, 0.717) is 32.8 Å². The van der Waals surface area contributed by atoms with Crippen molar-refractivity contribution in [3.05, 3.63) is 96.1 Å². The molecule has 0 N–H and O–H groups in total. The monoisotopic (exact) mass is 443 g/mol. The Kier molecular flexibility index (Phi) is 7.25. The van der Waals surface area contributed by atoms with Crippen LogP contribution in [-0.2, 0) is 17.9 Å². The molecule has 1 fully saturated rings. The van der Waals surface area contributed by atoms with Crippen LogP contribution in [0.1, 0.15) is 18.1 Å². The van der Waals surface area contributed by atoms with Crippen LogP contribution in [0.2, 0.25) is 0 Å². The van der Waals surface area contributed by atoms with E-state index in [9.17, 15) is 9.59 Å². The molecule has 6 heteroatoms. The van der Waals surface area contributed by atoms with Gasteiger partial charge in [0.05, 0.1) is 6.61 Å². The molecule has 0 aliphatic carbocycles. The summed E-state index contributed by atoms with van der Waals surface area (Å²) >= 11 is 0. The van der Waals surface area contributed by atoms with Crippen LogP contribution in [0.25, 0.3) is 0 Å². The summed E-state index contributed by atoms with van der Waals surface area (Å²) in [5.41, 5.74) is 2.93. The largest absolute Gasteiger partial charge is 0.494 e. The van der Waals surface area contributed by atoms with Crippen molar-refractivity contribution in [2.24, 2.45) is 0 Å². The number of benzene rings is 3. The lowest BCUT2D eigenvalue weighted by Crippen LogP contribution is -2.41. The molecule has 170 valence electrons. The van der Waals surface area contributed by atoms with Gasteiger partial charge in [-0.05, 0) is 42.3 Å². The van der Waals surface area contributed by atoms with Crippen molar-refractivity contribution in [1.29, 1.82) is 0 Å². The number of carbonyl (C=O) groups excluding carboxylic acids is 2. The van der Waals surface area contributed by atoms with E-state index in [4.69, 9.17) is 4.74 Å². The number of amides is 3. The molecule has 1 aliphatic rings. The zero-order chi connectivity index (χ0) is 23.0. The van der Waals surface area contributed by atoms with Crippen molar-refractivity contribution in [2.75, 3.05) is 31.1 Å². The predicted octanol–water partition coefficient (Wildman–Crippen LogP) is 4.56. The van der Waals surface area contributed by atoms with Gasteiger partial charge in [0.25, 0.3) is 0 Å². The molecule has 33 heavy (non-hydrogen) atoms. The zero-order valence-corrected chi connectivity index (χ0v) is 18.9. The second-order valence-electron chi connectivity index (χ2n) is 8.00. The molecule has 0 saturated carbocycles.